The van der Waals surface area contributed by atoms with Crippen molar-refractivity contribution < 1.29 is 4.74 Å². The van der Waals surface area contributed by atoms with Crippen molar-refractivity contribution in [3.8, 4) is 5.75 Å². The van der Waals surface area contributed by atoms with Crippen LogP contribution in [0.3, 0.4) is 0 Å². The lowest BCUT2D eigenvalue weighted by Crippen LogP contribution is -1.91. The number of rotatable bonds is 4. The Kier molecular flexibility index (Phi) is 3.41. The first-order valence-corrected chi connectivity index (χ1v) is 5.44. The summed E-state index contributed by atoms with van der Waals surface area (Å²) in [6, 6.07) is 7.85. The van der Waals surface area contributed by atoms with Gasteiger partial charge in [0.05, 0.1) is 13.0 Å². The highest BCUT2D eigenvalue weighted by Crippen LogP contribution is 2.13. The summed E-state index contributed by atoms with van der Waals surface area (Å²) in [6.45, 7) is 0. The van der Waals surface area contributed by atoms with Gasteiger partial charge in [-0.05, 0) is 17.7 Å². The Morgan fingerprint density at radius 1 is 1.31 bits per heavy atom. The Morgan fingerprint density at radius 3 is 2.62 bits per heavy atom. The van der Waals surface area contributed by atoms with Crippen LogP contribution in [0.1, 0.15) is 17.2 Å². The van der Waals surface area contributed by atoms with Crippen LogP contribution in [-0.4, -0.2) is 22.3 Å². The lowest BCUT2D eigenvalue weighted by molar-refractivity contribution is 0.414. The van der Waals surface area contributed by atoms with Gasteiger partial charge in [-0.25, -0.2) is 4.98 Å². The summed E-state index contributed by atoms with van der Waals surface area (Å²) in [5.74, 6) is 2.63. The average molecular weight is 238 g/mol. The fourth-order valence-electron chi connectivity index (χ4n) is 1.41. The summed E-state index contributed by atoms with van der Waals surface area (Å²) >= 11 is 5.62. The first-order chi connectivity index (χ1) is 7.81. The molecule has 0 bridgehead atoms. The number of alkyl halides is 1. The minimum atomic E-state index is 0.332. The summed E-state index contributed by atoms with van der Waals surface area (Å²) in [6.07, 6.45) is 0.716. The van der Waals surface area contributed by atoms with Gasteiger partial charge in [0.15, 0.2) is 5.82 Å². The third kappa shape index (κ3) is 2.52. The fraction of sp³-hybridized carbons (Fsp3) is 0.273. The molecule has 4 nitrogen and oxygen atoms in total. The molecule has 0 saturated heterocycles. The first kappa shape index (κ1) is 11.0. The summed E-state index contributed by atoms with van der Waals surface area (Å²) in [5.41, 5.74) is 1.15. The van der Waals surface area contributed by atoms with Crippen LogP contribution in [0.5, 0.6) is 5.75 Å². The molecule has 16 heavy (non-hydrogen) atoms. The number of nitrogens with zero attached hydrogens (tertiary/aromatic N) is 2. The van der Waals surface area contributed by atoms with E-state index >= 15 is 0 Å². The van der Waals surface area contributed by atoms with Crippen molar-refractivity contribution in [3.05, 3.63) is 41.5 Å². The molecule has 0 amide bonds. The highest BCUT2D eigenvalue weighted by molar-refractivity contribution is 6.16. The number of methoxy groups -OCH3 is 1. The van der Waals surface area contributed by atoms with Crippen LogP contribution in [-0.2, 0) is 12.3 Å². The zero-order valence-corrected chi connectivity index (χ0v) is 9.66. The van der Waals surface area contributed by atoms with Crippen molar-refractivity contribution in [1.29, 1.82) is 0 Å². The average Bonchev–Trinajstić information content (AvgIpc) is 2.78. The van der Waals surface area contributed by atoms with Gasteiger partial charge in [-0.15, -0.1) is 11.6 Å². The lowest BCUT2D eigenvalue weighted by atomic mass is 10.1. The van der Waals surface area contributed by atoms with Crippen LogP contribution in [0.15, 0.2) is 24.3 Å². The molecule has 0 fully saturated rings. The Hall–Kier alpha value is -1.55. The van der Waals surface area contributed by atoms with Crippen LogP contribution in [0.4, 0.5) is 0 Å². The molecule has 0 aliphatic rings. The topological polar surface area (TPSA) is 50.8 Å². The van der Waals surface area contributed by atoms with E-state index in [9.17, 15) is 0 Å². The molecule has 0 saturated carbocycles. The molecule has 0 spiro atoms. The van der Waals surface area contributed by atoms with Crippen molar-refractivity contribution in [1.82, 2.24) is 15.2 Å². The van der Waals surface area contributed by atoms with Crippen molar-refractivity contribution in [3.63, 3.8) is 0 Å². The number of nitrogens with one attached hydrogen (secondary N) is 1. The molecular formula is C11H12ClN3O. The SMILES string of the molecule is COc1ccc(Cc2nc(CCl)n[nH]2)cc1. The van der Waals surface area contributed by atoms with E-state index in [1.807, 2.05) is 24.3 Å². The molecular weight excluding hydrogens is 226 g/mol. The van der Waals surface area contributed by atoms with E-state index in [1.165, 1.54) is 0 Å². The molecule has 1 aromatic heterocycles. The molecule has 84 valence electrons. The van der Waals surface area contributed by atoms with Crippen molar-refractivity contribution in [2.45, 2.75) is 12.3 Å². The standard InChI is InChI=1S/C11H12ClN3O/c1-16-9-4-2-8(3-5-9)6-10-13-11(7-12)15-14-10/h2-5H,6-7H2,1H3,(H,13,14,15). The van der Waals surface area contributed by atoms with Crippen LogP contribution in [0, 0.1) is 0 Å². The zero-order valence-electron chi connectivity index (χ0n) is 8.90. The van der Waals surface area contributed by atoms with Crippen LogP contribution >= 0.6 is 11.6 Å². The van der Waals surface area contributed by atoms with Gasteiger partial charge in [0.1, 0.15) is 11.6 Å². The number of aromatic amines is 1. The van der Waals surface area contributed by atoms with Gasteiger partial charge in [-0.1, -0.05) is 12.1 Å². The number of halogens is 1. The van der Waals surface area contributed by atoms with Gasteiger partial charge in [0.25, 0.3) is 0 Å². The van der Waals surface area contributed by atoms with E-state index in [0.29, 0.717) is 18.1 Å². The summed E-state index contributed by atoms with van der Waals surface area (Å²) in [4.78, 5) is 4.24. The lowest BCUT2D eigenvalue weighted by Gasteiger charge is -2.01. The second-order valence-corrected chi connectivity index (χ2v) is 3.62. The predicted octanol–water partition coefficient (Wildman–Crippen LogP) is 2.14. The summed E-state index contributed by atoms with van der Waals surface area (Å²) < 4.78 is 5.09. The Labute approximate surface area is 98.6 Å². The molecule has 1 aromatic carbocycles. The maximum atomic E-state index is 5.62. The number of hydrogen-bond donors (Lipinski definition) is 1. The van der Waals surface area contributed by atoms with Gasteiger partial charge in [-0.2, -0.15) is 5.10 Å². The zero-order chi connectivity index (χ0) is 11.4. The molecule has 0 radical (unpaired) electrons. The molecule has 2 rings (SSSR count). The monoisotopic (exact) mass is 237 g/mol. The first-order valence-electron chi connectivity index (χ1n) is 4.91. The van der Waals surface area contributed by atoms with Crippen molar-refractivity contribution in [2.24, 2.45) is 0 Å². The summed E-state index contributed by atoms with van der Waals surface area (Å²) in [7, 11) is 1.65. The third-order valence-corrected chi connectivity index (χ3v) is 2.47. The number of hydrogen-bond acceptors (Lipinski definition) is 3. The number of aromatic nitrogens is 3. The van der Waals surface area contributed by atoms with Crippen molar-refractivity contribution in [2.75, 3.05) is 7.11 Å². The molecule has 5 heteroatoms. The molecule has 1 N–H and O–H groups in total. The largest absolute Gasteiger partial charge is 0.497 e. The minimum absolute atomic E-state index is 0.332. The minimum Gasteiger partial charge on any atom is -0.497 e. The van der Waals surface area contributed by atoms with Gasteiger partial charge in [0.2, 0.25) is 0 Å². The van der Waals surface area contributed by atoms with Gasteiger partial charge >= 0.3 is 0 Å². The second kappa shape index (κ2) is 4.99. The Bertz CT molecular complexity index is 453. The number of ether oxygens (including phenoxy) is 1. The molecule has 1 heterocycles. The fourth-order valence-corrected chi connectivity index (χ4v) is 1.53. The molecule has 0 unspecified atom stereocenters. The van der Waals surface area contributed by atoms with E-state index < -0.39 is 0 Å². The quantitative estimate of drug-likeness (QED) is 0.829. The van der Waals surface area contributed by atoms with Crippen LogP contribution in [0.25, 0.3) is 0 Å². The molecule has 2 aromatic rings. The van der Waals surface area contributed by atoms with E-state index in [1.54, 1.807) is 7.11 Å². The smallest absolute Gasteiger partial charge is 0.165 e. The van der Waals surface area contributed by atoms with E-state index in [-0.39, 0.29) is 0 Å². The van der Waals surface area contributed by atoms with Gasteiger partial charge in [0, 0.05) is 6.42 Å². The third-order valence-electron chi connectivity index (χ3n) is 2.23. The van der Waals surface area contributed by atoms with Crippen molar-refractivity contribution >= 4 is 11.6 Å². The number of benzene rings is 1. The predicted molar refractivity (Wildman–Crippen MR) is 61.7 cm³/mol. The highest BCUT2D eigenvalue weighted by atomic mass is 35.5. The van der Waals surface area contributed by atoms with E-state index in [2.05, 4.69) is 15.2 Å². The van der Waals surface area contributed by atoms with Gasteiger partial charge in [-0.3, -0.25) is 5.10 Å². The second-order valence-electron chi connectivity index (χ2n) is 3.36. The molecule has 0 atom stereocenters. The van der Waals surface area contributed by atoms with Crippen LogP contribution in [0.2, 0.25) is 0 Å². The van der Waals surface area contributed by atoms with Crippen LogP contribution < -0.4 is 4.74 Å². The van der Waals surface area contributed by atoms with E-state index in [4.69, 9.17) is 16.3 Å². The Morgan fingerprint density at radius 2 is 2.06 bits per heavy atom. The summed E-state index contributed by atoms with van der Waals surface area (Å²) in [5, 5.41) is 6.83. The molecule has 0 aliphatic carbocycles. The molecule has 0 aliphatic heterocycles. The maximum absolute atomic E-state index is 5.62. The van der Waals surface area contributed by atoms with E-state index in [0.717, 1.165) is 17.1 Å². The number of H-pyrrole nitrogens is 1. The maximum Gasteiger partial charge on any atom is 0.165 e. The normalized spacial score (nSPS) is 10.4. The highest BCUT2D eigenvalue weighted by Gasteiger charge is 2.03. The Balaban J connectivity index is 2.08. The van der Waals surface area contributed by atoms with Gasteiger partial charge < -0.3 is 4.74 Å².